The summed E-state index contributed by atoms with van der Waals surface area (Å²) in [7, 11) is 1.50. The first kappa shape index (κ1) is 37.9. The zero-order valence-corrected chi connectivity index (χ0v) is 34.4. The molecule has 1 aliphatic heterocycles. The maximum atomic E-state index is 5.50. The van der Waals surface area contributed by atoms with Crippen LogP contribution in [-0.2, 0) is 12.0 Å². The van der Waals surface area contributed by atoms with Gasteiger partial charge in [0.15, 0.2) is 0 Å². The van der Waals surface area contributed by atoms with Crippen LogP contribution in [0, 0.1) is 0 Å². The van der Waals surface area contributed by atoms with Crippen molar-refractivity contribution in [3.8, 4) is 22.3 Å². The van der Waals surface area contributed by atoms with Crippen LogP contribution in [0.15, 0.2) is 223 Å². The molecule has 0 unspecified atom stereocenters. The summed E-state index contributed by atoms with van der Waals surface area (Å²) >= 11 is 0. The van der Waals surface area contributed by atoms with Crippen LogP contribution in [0.1, 0.15) is 57.3 Å². The van der Waals surface area contributed by atoms with E-state index in [1.807, 2.05) is 0 Å². The van der Waals surface area contributed by atoms with Crippen molar-refractivity contribution < 1.29 is 0 Å². The Hall–Kier alpha value is -7.33. The third-order valence-corrected chi connectivity index (χ3v) is 12.4. The Morgan fingerprint density at radius 3 is 1.85 bits per heavy atom. The van der Waals surface area contributed by atoms with Gasteiger partial charge in [0.25, 0.3) is 0 Å². The molecule has 0 bridgehead atoms. The molecule has 11 rings (SSSR count). The minimum atomic E-state index is -0.585. The molecule has 3 aliphatic rings. The van der Waals surface area contributed by atoms with Crippen LogP contribution in [0.4, 0.5) is 17.1 Å². The molecule has 8 aromatic carbocycles. The van der Waals surface area contributed by atoms with E-state index in [-0.39, 0.29) is 0 Å². The quantitative estimate of drug-likeness (QED) is 0.164. The Kier molecular flexibility index (Phi) is 10.2. The molecule has 0 aromatic heterocycles. The molecule has 3 heteroatoms. The molecule has 1 spiro atoms. The minimum Gasteiger partial charge on any atom is -0.333 e. The fourth-order valence-electron chi connectivity index (χ4n) is 9.82. The Balaban J connectivity index is 0.00000220. The van der Waals surface area contributed by atoms with Crippen LogP contribution in [0.5, 0.6) is 0 Å². The average Bonchev–Trinajstić information content (AvgIpc) is 3.64. The average molecular weight is 786 g/mol. The molecule has 294 valence electrons. The van der Waals surface area contributed by atoms with Crippen molar-refractivity contribution in [3.63, 3.8) is 0 Å². The Bertz CT molecular complexity index is 2910. The summed E-state index contributed by atoms with van der Waals surface area (Å²) in [4.78, 5) is 7.95. The summed E-state index contributed by atoms with van der Waals surface area (Å²) in [5, 5.41) is 0. The molecule has 0 atom stereocenters. The normalized spacial score (nSPS) is 14.2. The number of benzene rings is 8. The highest BCUT2D eigenvalue weighted by molar-refractivity contribution is 6.18. The predicted molar refractivity (Wildman–Crippen MR) is 256 cm³/mol. The largest absolute Gasteiger partial charge is 0.333 e. The Morgan fingerprint density at radius 1 is 0.541 bits per heavy atom. The second kappa shape index (κ2) is 16.4. The molecule has 0 saturated heterocycles. The first-order valence-electron chi connectivity index (χ1n) is 21.3. The number of nitrogens with two attached hydrogens (primary N) is 1. The molecule has 2 aliphatic carbocycles. The third kappa shape index (κ3) is 6.46. The summed E-state index contributed by atoms with van der Waals surface area (Å²) in [5.74, 6) is 0. The van der Waals surface area contributed by atoms with Crippen molar-refractivity contribution in [2.75, 3.05) is 11.9 Å². The van der Waals surface area contributed by atoms with Crippen LogP contribution in [0.3, 0.4) is 0 Å². The van der Waals surface area contributed by atoms with Gasteiger partial charge >= 0.3 is 0 Å². The number of anilines is 3. The van der Waals surface area contributed by atoms with Crippen molar-refractivity contribution in [2.45, 2.75) is 24.8 Å². The molecule has 8 aromatic rings. The van der Waals surface area contributed by atoms with Crippen LogP contribution >= 0.6 is 0 Å². The molecule has 3 nitrogen and oxygen atoms in total. The van der Waals surface area contributed by atoms with Gasteiger partial charge in [-0.2, -0.15) is 0 Å². The standard InChI is InChI=1S/C57H42N2.CH5N/c1-5-19-40(20-6-1)39-58-56(42-23-9-3-10-24-42)47-29-18-32-52-55(47)48-38-45(44-26-17-25-43(37-44)41-21-7-2-8-22-41)35-36-49(48)57(52)50-30-13-15-33-53(50)59(46-27-11-4-12-28-46)54-34-16-14-31-51(54)57;1-2/h1,3-7,9-38H,2,8,39H2;2H2,1H3. The van der Waals surface area contributed by atoms with Gasteiger partial charge < -0.3 is 10.6 Å². The van der Waals surface area contributed by atoms with E-state index in [0.717, 1.165) is 35.4 Å². The number of hydrogen-bond donors (Lipinski definition) is 1. The van der Waals surface area contributed by atoms with Gasteiger partial charge in [0, 0.05) is 16.8 Å². The monoisotopic (exact) mass is 785 g/mol. The highest BCUT2D eigenvalue weighted by Crippen LogP contribution is 2.64. The number of allylic oxidation sites excluding steroid dienone is 4. The van der Waals surface area contributed by atoms with Gasteiger partial charge in [-0.1, -0.05) is 182 Å². The van der Waals surface area contributed by atoms with Crippen molar-refractivity contribution in [2.24, 2.45) is 10.7 Å². The smallest absolute Gasteiger partial charge is 0.0754 e. The van der Waals surface area contributed by atoms with Gasteiger partial charge in [-0.15, -0.1) is 0 Å². The van der Waals surface area contributed by atoms with E-state index in [1.54, 1.807) is 0 Å². The molecular weight excluding hydrogens is 739 g/mol. The lowest BCUT2D eigenvalue weighted by molar-refractivity contribution is 0.752. The van der Waals surface area contributed by atoms with Crippen LogP contribution < -0.4 is 10.6 Å². The maximum Gasteiger partial charge on any atom is 0.0754 e. The predicted octanol–water partition coefficient (Wildman–Crippen LogP) is 13.8. The zero-order valence-electron chi connectivity index (χ0n) is 34.4. The van der Waals surface area contributed by atoms with E-state index < -0.39 is 5.41 Å². The van der Waals surface area contributed by atoms with E-state index >= 15 is 0 Å². The zero-order chi connectivity index (χ0) is 41.2. The lowest BCUT2D eigenvalue weighted by Crippen LogP contribution is -2.36. The summed E-state index contributed by atoms with van der Waals surface area (Å²) in [6.45, 7) is 0.585. The van der Waals surface area contributed by atoms with E-state index in [1.165, 1.54) is 79.6 Å². The summed E-state index contributed by atoms with van der Waals surface area (Å²) < 4.78 is 0. The number of hydrogen-bond acceptors (Lipinski definition) is 3. The molecule has 0 amide bonds. The number of rotatable bonds is 7. The SMILES string of the molecule is C1=CC(c2cccc(-c3ccc4c(c3)-c3c(C(=NCc5ccccc5)c5ccccc5)cccc3C43c4ccccc4N(c4ccccc4)c4ccccc43)c2)=CCC1.CN. The van der Waals surface area contributed by atoms with E-state index in [4.69, 9.17) is 4.99 Å². The van der Waals surface area contributed by atoms with Gasteiger partial charge in [-0.3, -0.25) is 4.99 Å². The summed E-state index contributed by atoms with van der Waals surface area (Å²) in [5.41, 5.74) is 24.5. The molecule has 0 radical (unpaired) electrons. The molecule has 1 heterocycles. The van der Waals surface area contributed by atoms with Gasteiger partial charge in [0.2, 0.25) is 0 Å². The number of para-hydroxylation sites is 3. The molecule has 0 fully saturated rings. The molecule has 2 N–H and O–H groups in total. The van der Waals surface area contributed by atoms with E-state index in [9.17, 15) is 0 Å². The Morgan fingerprint density at radius 2 is 1.15 bits per heavy atom. The molecular formula is C58H47N3. The number of fused-ring (bicyclic) bond motifs is 9. The maximum absolute atomic E-state index is 5.50. The first-order valence-corrected chi connectivity index (χ1v) is 21.3. The van der Waals surface area contributed by atoms with Gasteiger partial charge in [0.05, 0.1) is 29.0 Å². The summed E-state index contributed by atoms with van der Waals surface area (Å²) in [6, 6.07) is 73.5. The van der Waals surface area contributed by atoms with Gasteiger partial charge in [-0.25, -0.2) is 0 Å². The van der Waals surface area contributed by atoms with E-state index in [2.05, 4.69) is 229 Å². The van der Waals surface area contributed by atoms with Crippen molar-refractivity contribution in [1.82, 2.24) is 0 Å². The lowest BCUT2D eigenvalue weighted by Gasteiger charge is -2.45. The molecule has 61 heavy (non-hydrogen) atoms. The van der Waals surface area contributed by atoms with Gasteiger partial charge in [-0.05, 0) is 117 Å². The highest BCUT2D eigenvalue weighted by Gasteiger charge is 2.52. The molecule has 0 saturated carbocycles. The number of aliphatic imine (C=N–C) groups is 1. The fraction of sp³-hybridized carbons (Fsp3) is 0.0862. The van der Waals surface area contributed by atoms with Crippen LogP contribution in [0.25, 0.3) is 27.8 Å². The topological polar surface area (TPSA) is 41.6 Å². The second-order valence-corrected chi connectivity index (χ2v) is 15.7. The highest BCUT2D eigenvalue weighted by atomic mass is 15.2. The van der Waals surface area contributed by atoms with E-state index in [0.29, 0.717) is 6.54 Å². The van der Waals surface area contributed by atoms with Crippen molar-refractivity contribution >= 4 is 28.3 Å². The van der Waals surface area contributed by atoms with Crippen LogP contribution in [0.2, 0.25) is 0 Å². The first-order chi connectivity index (χ1) is 30.3. The summed E-state index contributed by atoms with van der Waals surface area (Å²) in [6.07, 6.45) is 9.11. The fourth-order valence-corrected chi connectivity index (χ4v) is 9.82. The van der Waals surface area contributed by atoms with Gasteiger partial charge in [0.1, 0.15) is 0 Å². The number of nitrogens with zero attached hydrogens (tertiary/aromatic N) is 2. The second-order valence-electron chi connectivity index (χ2n) is 15.7. The Labute approximate surface area is 359 Å². The third-order valence-electron chi connectivity index (χ3n) is 12.4. The minimum absolute atomic E-state index is 0.585. The lowest BCUT2D eigenvalue weighted by atomic mass is 9.64. The van der Waals surface area contributed by atoms with Crippen molar-refractivity contribution in [3.05, 3.63) is 263 Å². The van der Waals surface area contributed by atoms with Crippen LogP contribution in [-0.4, -0.2) is 12.8 Å². The van der Waals surface area contributed by atoms with Crippen molar-refractivity contribution in [1.29, 1.82) is 0 Å².